The van der Waals surface area contributed by atoms with Crippen LogP contribution in [0.25, 0.3) is 6.08 Å². The molecule has 150 valence electrons. The van der Waals surface area contributed by atoms with E-state index in [-0.39, 0.29) is 23.6 Å². The summed E-state index contributed by atoms with van der Waals surface area (Å²) in [6.45, 7) is 6.93. The lowest BCUT2D eigenvalue weighted by Crippen LogP contribution is -2.41. The first kappa shape index (κ1) is 21.8. The molecule has 1 heterocycles. The quantitative estimate of drug-likeness (QED) is 0.596. The number of hydrogen-bond donors (Lipinski definition) is 1. The Morgan fingerprint density at radius 3 is 1.67 bits per heavy atom. The van der Waals surface area contributed by atoms with Gasteiger partial charge in [0.15, 0.2) is 0 Å². The van der Waals surface area contributed by atoms with E-state index in [1.807, 2.05) is 0 Å². The number of rotatable bonds is 3. The summed E-state index contributed by atoms with van der Waals surface area (Å²) in [5.74, 6) is 0. The molecule has 1 aromatic rings. The molecule has 1 saturated heterocycles. The van der Waals surface area contributed by atoms with Gasteiger partial charge in [0.1, 0.15) is 0 Å². The predicted molar refractivity (Wildman–Crippen MR) is 89.6 cm³/mol. The number of alkyl halides is 6. The Hall–Kier alpha value is -1.52. The molecule has 0 radical (unpaired) electrons. The SMILES string of the molecule is CC1(C)OB(C(=Cc2cc(C(F)(F)F)cc(C(F)(F)F)c2)CN)OC1(C)C. The van der Waals surface area contributed by atoms with Crippen LogP contribution >= 0.6 is 0 Å². The minimum absolute atomic E-state index is 0.0776. The second-order valence-electron chi connectivity index (χ2n) is 7.35. The molecule has 10 heteroatoms. The van der Waals surface area contributed by atoms with Crippen LogP contribution < -0.4 is 5.73 Å². The first-order valence-corrected chi connectivity index (χ1v) is 8.12. The molecule has 1 aliphatic heterocycles. The van der Waals surface area contributed by atoms with Gasteiger partial charge in [-0.25, -0.2) is 0 Å². The topological polar surface area (TPSA) is 44.5 Å². The van der Waals surface area contributed by atoms with Crippen LogP contribution in [0.4, 0.5) is 26.3 Å². The lowest BCUT2D eigenvalue weighted by Gasteiger charge is -2.32. The minimum Gasteiger partial charge on any atom is -0.400 e. The maximum absolute atomic E-state index is 13.0. The van der Waals surface area contributed by atoms with Gasteiger partial charge in [-0.3, -0.25) is 0 Å². The molecule has 0 unspecified atom stereocenters. The van der Waals surface area contributed by atoms with Crippen LogP contribution in [0.15, 0.2) is 23.7 Å². The van der Waals surface area contributed by atoms with Crippen molar-refractivity contribution in [1.29, 1.82) is 0 Å². The molecule has 0 aromatic heterocycles. The Bertz CT molecular complexity index is 692. The fourth-order valence-corrected chi connectivity index (χ4v) is 2.49. The highest BCUT2D eigenvalue weighted by molar-refractivity contribution is 6.55. The molecule has 3 nitrogen and oxygen atoms in total. The van der Waals surface area contributed by atoms with E-state index in [2.05, 4.69) is 0 Å². The van der Waals surface area contributed by atoms with Gasteiger partial charge in [0.2, 0.25) is 0 Å². The smallest absolute Gasteiger partial charge is 0.400 e. The van der Waals surface area contributed by atoms with Crippen LogP contribution in [0.5, 0.6) is 0 Å². The summed E-state index contributed by atoms with van der Waals surface area (Å²) in [5.41, 5.74) is 1.36. The van der Waals surface area contributed by atoms with E-state index in [1.54, 1.807) is 27.7 Å². The van der Waals surface area contributed by atoms with E-state index >= 15 is 0 Å². The summed E-state index contributed by atoms with van der Waals surface area (Å²) in [7, 11) is -0.969. The molecule has 0 spiro atoms. The van der Waals surface area contributed by atoms with Crippen LogP contribution in [0, 0.1) is 0 Å². The highest BCUT2D eigenvalue weighted by atomic mass is 19.4. The van der Waals surface area contributed by atoms with Crippen LogP contribution in [0.3, 0.4) is 0 Å². The molecule has 1 fully saturated rings. The molecule has 0 saturated carbocycles. The highest BCUT2D eigenvalue weighted by Gasteiger charge is 2.52. The monoisotopic (exact) mass is 395 g/mol. The van der Waals surface area contributed by atoms with Gasteiger partial charge in [-0.15, -0.1) is 0 Å². The van der Waals surface area contributed by atoms with Gasteiger partial charge in [0.05, 0.1) is 22.3 Å². The Kier molecular flexibility index (Phi) is 5.51. The summed E-state index contributed by atoms with van der Waals surface area (Å²) in [4.78, 5) is 0. The molecule has 1 aromatic carbocycles. The molecular formula is C17H20BF6NO2. The predicted octanol–water partition coefficient (Wildman–Crippen LogP) is 4.70. The van der Waals surface area contributed by atoms with Gasteiger partial charge in [0.25, 0.3) is 0 Å². The van der Waals surface area contributed by atoms with Crippen molar-refractivity contribution in [2.75, 3.05) is 6.54 Å². The third kappa shape index (κ3) is 4.67. The Labute approximate surface area is 153 Å². The van der Waals surface area contributed by atoms with Crippen molar-refractivity contribution in [2.24, 2.45) is 5.73 Å². The Morgan fingerprint density at radius 2 is 1.33 bits per heavy atom. The summed E-state index contributed by atoms with van der Waals surface area (Å²) in [6, 6.07) is 1.35. The second-order valence-corrected chi connectivity index (χ2v) is 7.35. The molecule has 2 N–H and O–H groups in total. The minimum atomic E-state index is -4.92. The van der Waals surface area contributed by atoms with Crippen molar-refractivity contribution in [3.63, 3.8) is 0 Å². The first-order valence-electron chi connectivity index (χ1n) is 8.12. The number of nitrogens with two attached hydrogens (primary N) is 1. The zero-order chi connectivity index (χ0) is 20.8. The standard InChI is InChI=1S/C17H20BF6NO2/c1-14(2)15(3,4)27-18(26-14)13(9-25)7-10-5-11(16(19,20)21)8-12(6-10)17(22,23)24/h5-8H,9,25H2,1-4H3. The van der Waals surface area contributed by atoms with Gasteiger partial charge in [-0.1, -0.05) is 6.08 Å². The second kappa shape index (κ2) is 6.82. The summed E-state index contributed by atoms with van der Waals surface area (Å²) < 4.78 is 89.5. The largest absolute Gasteiger partial charge is 0.491 e. The number of hydrogen-bond acceptors (Lipinski definition) is 3. The maximum Gasteiger partial charge on any atom is 0.491 e. The maximum atomic E-state index is 13.0. The molecule has 1 aliphatic rings. The van der Waals surface area contributed by atoms with Crippen molar-refractivity contribution in [3.8, 4) is 0 Å². The van der Waals surface area contributed by atoms with E-state index < -0.39 is 41.8 Å². The third-order valence-electron chi connectivity index (χ3n) is 4.75. The van der Waals surface area contributed by atoms with Gasteiger partial charge in [-0.05, 0) is 56.9 Å². The van der Waals surface area contributed by atoms with Crippen LogP contribution in [0.1, 0.15) is 44.4 Å². The van der Waals surface area contributed by atoms with Crippen molar-refractivity contribution < 1.29 is 35.7 Å². The molecule has 2 rings (SSSR count). The molecular weight excluding hydrogens is 375 g/mol. The zero-order valence-corrected chi connectivity index (χ0v) is 15.3. The van der Waals surface area contributed by atoms with Gasteiger partial charge in [0, 0.05) is 6.54 Å². The lowest BCUT2D eigenvalue weighted by atomic mass is 9.77. The highest BCUT2D eigenvalue weighted by Crippen LogP contribution is 2.40. The third-order valence-corrected chi connectivity index (χ3v) is 4.75. The summed E-state index contributed by atoms with van der Waals surface area (Å²) >= 11 is 0. The van der Waals surface area contributed by atoms with Crippen LogP contribution in [-0.2, 0) is 21.7 Å². The summed E-state index contributed by atoms with van der Waals surface area (Å²) in [6.07, 6.45) is -8.69. The van der Waals surface area contributed by atoms with Crippen LogP contribution in [-0.4, -0.2) is 24.9 Å². The molecule has 0 atom stereocenters. The zero-order valence-electron chi connectivity index (χ0n) is 15.3. The van der Waals surface area contributed by atoms with E-state index in [1.165, 1.54) is 0 Å². The normalized spacial score (nSPS) is 20.3. The van der Waals surface area contributed by atoms with E-state index in [0.717, 1.165) is 6.08 Å². The molecule has 27 heavy (non-hydrogen) atoms. The van der Waals surface area contributed by atoms with Crippen molar-refractivity contribution in [3.05, 3.63) is 40.4 Å². The average molecular weight is 395 g/mol. The van der Waals surface area contributed by atoms with Gasteiger partial charge < -0.3 is 15.0 Å². The number of halogens is 6. The fourth-order valence-electron chi connectivity index (χ4n) is 2.49. The molecule has 0 bridgehead atoms. The van der Waals surface area contributed by atoms with Crippen molar-refractivity contribution >= 4 is 13.2 Å². The fraction of sp³-hybridized carbons (Fsp3) is 0.529. The molecule has 0 aliphatic carbocycles. The van der Waals surface area contributed by atoms with Gasteiger partial charge in [-0.2, -0.15) is 26.3 Å². The van der Waals surface area contributed by atoms with E-state index in [9.17, 15) is 26.3 Å². The van der Waals surface area contributed by atoms with Crippen LogP contribution in [0.2, 0.25) is 0 Å². The number of benzene rings is 1. The van der Waals surface area contributed by atoms with Crippen molar-refractivity contribution in [2.45, 2.75) is 51.2 Å². The van der Waals surface area contributed by atoms with E-state index in [4.69, 9.17) is 15.0 Å². The first-order chi connectivity index (χ1) is 12.1. The molecule has 0 amide bonds. The Morgan fingerprint density at radius 1 is 0.926 bits per heavy atom. The van der Waals surface area contributed by atoms with Gasteiger partial charge >= 0.3 is 19.5 Å². The Balaban J connectivity index is 2.50. The lowest BCUT2D eigenvalue weighted by molar-refractivity contribution is -0.143. The summed E-state index contributed by atoms with van der Waals surface area (Å²) in [5, 5.41) is 0. The average Bonchev–Trinajstić information content (AvgIpc) is 2.70. The van der Waals surface area contributed by atoms with E-state index in [0.29, 0.717) is 12.1 Å². The van der Waals surface area contributed by atoms with Crippen molar-refractivity contribution in [1.82, 2.24) is 0 Å².